The summed E-state index contributed by atoms with van der Waals surface area (Å²) in [6, 6.07) is 0. The van der Waals surface area contributed by atoms with Crippen molar-refractivity contribution in [2.24, 2.45) is 5.73 Å². The monoisotopic (exact) mass is 138 g/mol. The molecule has 0 aliphatic rings. The van der Waals surface area contributed by atoms with Gasteiger partial charge in [0.2, 0.25) is 0 Å². The second-order valence-corrected chi connectivity index (χ2v) is 2.60. The standard InChI is InChI=1S/C9H16N/c1-4-7-9(10,6-3)8-5-2/h4-5H,1-3,6-8,10H2. The van der Waals surface area contributed by atoms with Gasteiger partial charge in [-0.1, -0.05) is 19.1 Å². The summed E-state index contributed by atoms with van der Waals surface area (Å²) in [4.78, 5) is 0. The average Bonchev–Trinajstić information content (AvgIpc) is 1.89. The number of rotatable bonds is 5. The van der Waals surface area contributed by atoms with Crippen LogP contribution in [0.1, 0.15) is 19.3 Å². The molecular formula is C9H16N. The van der Waals surface area contributed by atoms with Crippen LogP contribution in [0.25, 0.3) is 0 Å². The Hall–Kier alpha value is -0.560. The fraction of sp³-hybridized carbons (Fsp3) is 0.444. The lowest BCUT2D eigenvalue weighted by molar-refractivity contribution is 0.439. The molecule has 0 bridgehead atoms. The first-order valence-electron chi connectivity index (χ1n) is 3.48. The van der Waals surface area contributed by atoms with Crippen molar-refractivity contribution in [3.8, 4) is 0 Å². The van der Waals surface area contributed by atoms with Gasteiger partial charge in [-0.25, -0.2) is 0 Å². The van der Waals surface area contributed by atoms with E-state index in [-0.39, 0.29) is 5.54 Å². The van der Waals surface area contributed by atoms with Crippen LogP contribution in [0.2, 0.25) is 0 Å². The lowest BCUT2D eigenvalue weighted by Crippen LogP contribution is -2.37. The van der Waals surface area contributed by atoms with E-state index in [1.165, 1.54) is 0 Å². The first-order valence-corrected chi connectivity index (χ1v) is 3.48. The first kappa shape index (κ1) is 9.44. The molecule has 0 heterocycles. The lowest BCUT2D eigenvalue weighted by Gasteiger charge is -2.24. The molecule has 0 aliphatic heterocycles. The van der Waals surface area contributed by atoms with Crippen LogP contribution in [-0.4, -0.2) is 5.54 Å². The Morgan fingerprint density at radius 1 is 1.20 bits per heavy atom. The van der Waals surface area contributed by atoms with Crippen molar-refractivity contribution in [2.75, 3.05) is 0 Å². The molecule has 2 N–H and O–H groups in total. The molecule has 57 valence electrons. The summed E-state index contributed by atoms with van der Waals surface area (Å²) < 4.78 is 0. The van der Waals surface area contributed by atoms with E-state index in [1.54, 1.807) is 0 Å². The average molecular weight is 138 g/mol. The van der Waals surface area contributed by atoms with E-state index in [2.05, 4.69) is 20.1 Å². The van der Waals surface area contributed by atoms with Crippen LogP contribution in [0.15, 0.2) is 25.3 Å². The van der Waals surface area contributed by atoms with Crippen molar-refractivity contribution in [3.63, 3.8) is 0 Å². The summed E-state index contributed by atoms with van der Waals surface area (Å²) in [6.07, 6.45) is 6.00. The lowest BCUT2D eigenvalue weighted by atomic mass is 9.90. The van der Waals surface area contributed by atoms with E-state index in [4.69, 9.17) is 5.73 Å². The van der Waals surface area contributed by atoms with Gasteiger partial charge in [-0.05, 0) is 19.3 Å². The van der Waals surface area contributed by atoms with Gasteiger partial charge in [0, 0.05) is 5.54 Å². The van der Waals surface area contributed by atoms with Gasteiger partial charge in [0.15, 0.2) is 0 Å². The fourth-order valence-corrected chi connectivity index (χ4v) is 0.862. The minimum atomic E-state index is -0.205. The van der Waals surface area contributed by atoms with E-state index in [0.29, 0.717) is 0 Å². The van der Waals surface area contributed by atoms with E-state index in [9.17, 15) is 0 Å². The van der Waals surface area contributed by atoms with Gasteiger partial charge in [0.05, 0.1) is 0 Å². The van der Waals surface area contributed by atoms with Gasteiger partial charge in [-0.15, -0.1) is 13.2 Å². The van der Waals surface area contributed by atoms with Gasteiger partial charge in [0.25, 0.3) is 0 Å². The molecule has 0 atom stereocenters. The topological polar surface area (TPSA) is 26.0 Å². The molecule has 0 amide bonds. The predicted octanol–water partition coefficient (Wildman–Crippen LogP) is 2.06. The highest BCUT2D eigenvalue weighted by Gasteiger charge is 2.17. The summed E-state index contributed by atoms with van der Waals surface area (Å²) in [7, 11) is 0. The summed E-state index contributed by atoms with van der Waals surface area (Å²) >= 11 is 0. The van der Waals surface area contributed by atoms with Gasteiger partial charge in [0.1, 0.15) is 0 Å². The zero-order chi connectivity index (χ0) is 8.04. The Bertz CT molecular complexity index is 106. The van der Waals surface area contributed by atoms with Crippen LogP contribution >= 0.6 is 0 Å². The van der Waals surface area contributed by atoms with Crippen molar-refractivity contribution in [3.05, 3.63) is 32.2 Å². The van der Waals surface area contributed by atoms with E-state index >= 15 is 0 Å². The Balaban J connectivity index is 3.92. The van der Waals surface area contributed by atoms with Crippen LogP contribution < -0.4 is 5.73 Å². The van der Waals surface area contributed by atoms with E-state index in [1.807, 2.05) is 12.2 Å². The molecule has 0 aromatic carbocycles. The highest BCUT2D eigenvalue weighted by molar-refractivity contribution is 4.96. The third kappa shape index (κ3) is 2.83. The smallest absolute Gasteiger partial charge is 0.0223 e. The van der Waals surface area contributed by atoms with E-state index in [0.717, 1.165) is 19.3 Å². The van der Waals surface area contributed by atoms with Gasteiger partial charge in [-0.3, -0.25) is 0 Å². The molecular weight excluding hydrogens is 122 g/mol. The van der Waals surface area contributed by atoms with E-state index < -0.39 is 0 Å². The maximum Gasteiger partial charge on any atom is 0.0223 e. The minimum Gasteiger partial charge on any atom is -0.325 e. The quantitative estimate of drug-likeness (QED) is 0.578. The van der Waals surface area contributed by atoms with Crippen LogP contribution in [0.3, 0.4) is 0 Å². The zero-order valence-corrected chi connectivity index (χ0v) is 6.47. The second-order valence-electron chi connectivity index (χ2n) is 2.60. The van der Waals surface area contributed by atoms with Gasteiger partial charge in [-0.2, -0.15) is 0 Å². The molecule has 10 heavy (non-hydrogen) atoms. The summed E-state index contributed by atoms with van der Waals surface area (Å²) in [5, 5.41) is 0. The summed E-state index contributed by atoms with van der Waals surface area (Å²) in [6.45, 7) is 11.0. The molecule has 0 aliphatic carbocycles. The predicted molar refractivity (Wildman–Crippen MR) is 46.5 cm³/mol. The van der Waals surface area contributed by atoms with Crippen molar-refractivity contribution >= 4 is 0 Å². The molecule has 0 rings (SSSR count). The summed E-state index contributed by atoms with van der Waals surface area (Å²) in [5.41, 5.74) is 5.71. The maximum atomic E-state index is 5.91. The van der Waals surface area contributed by atoms with Gasteiger partial charge < -0.3 is 5.73 Å². The molecule has 0 aromatic rings. The Morgan fingerprint density at radius 2 is 1.60 bits per heavy atom. The van der Waals surface area contributed by atoms with Crippen LogP contribution in [0.5, 0.6) is 0 Å². The van der Waals surface area contributed by atoms with Crippen molar-refractivity contribution in [1.82, 2.24) is 0 Å². The first-order chi connectivity index (χ1) is 4.68. The van der Waals surface area contributed by atoms with Crippen LogP contribution in [-0.2, 0) is 0 Å². The largest absolute Gasteiger partial charge is 0.325 e. The molecule has 0 fully saturated rings. The van der Waals surface area contributed by atoms with Crippen molar-refractivity contribution < 1.29 is 0 Å². The Morgan fingerprint density at radius 3 is 1.80 bits per heavy atom. The minimum absolute atomic E-state index is 0.205. The van der Waals surface area contributed by atoms with Crippen LogP contribution in [0, 0.1) is 6.92 Å². The molecule has 0 unspecified atom stereocenters. The van der Waals surface area contributed by atoms with Crippen molar-refractivity contribution in [2.45, 2.75) is 24.8 Å². The fourth-order valence-electron chi connectivity index (χ4n) is 0.862. The molecule has 0 aromatic heterocycles. The maximum absolute atomic E-state index is 5.91. The zero-order valence-electron chi connectivity index (χ0n) is 6.47. The van der Waals surface area contributed by atoms with Crippen LogP contribution in [0.4, 0.5) is 0 Å². The molecule has 1 nitrogen and oxygen atoms in total. The number of nitrogens with two attached hydrogens (primary N) is 1. The molecule has 1 radical (unpaired) electrons. The highest BCUT2D eigenvalue weighted by atomic mass is 14.7. The highest BCUT2D eigenvalue weighted by Crippen LogP contribution is 2.16. The molecule has 1 heteroatoms. The number of hydrogen-bond donors (Lipinski definition) is 1. The molecule has 0 saturated heterocycles. The Labute approximate surface area is 63.6 Å². The SMILES string of the molecule is [CH2]CC(N)(CC=C)CC=C. The van der Waals surface area contributed by atoms with Gasteiger partial charge >= 0.3 is 0 Å². The molecule has 0 saturated carbocycles. The summed E-state index contributed by atoms with van der Waals surface area (Å²) in [5.74, 6) is 0. The third-order valence-corrected chi connectivity index (χ3v) is 1.60. The van der Waals surface area contributed by atoms with Crippen molar-refractivity contribution in [1.29, 1.82) is 0 Å². The normalized spacial score (nSPS) is 11.0. The Kier molecular flexibility index (Phi) is 4.05. The molecule has 0 spiro atoms. The second kappa shape index (κ2) is 4.29. The number of hydrogen-bond acceptors (Lipinski definition) is 1. The third-order valence-electron chi connectivity index (χ3n) is 1.60.